The number of nitrogens with one attached hydrogen (secondary N) is 3. The minimum atomic E-state index is -0.219. The summed E-state index contributed by atoms with van der Waals surface area (Å²) in [6.45, 7) is 7.22. The van der Waals surface area contributed by atoms with E-state index in [-0.39, 0.29) is 17.9 Å². The molecule has 1 atom stereocenters. The van der Waals surface area contributed by atoms with Crippen molar-refractivity contribution in [3.8, 4) is 0 Å². The van der Waals surface area contributed by atoms with Gasteiger partial charge in [0.2, 0.25) is 11.9 Å². The molecule has 0 fully saturated rings. The molecule has 0 aliphatic heterocycles. The summed E-state index contributed by atoms with van der Waals surface area (Å²) in [6.07, 6.45) is 0.849. The largest absolute Gasteiger partial charge is 0.348 e. The lowest BCUT2D eigenvalue weighted by molar-refractivity contribution is -0.114. The predicted octanol–water partition coefficient (Wildman–Crippen LogP) is 3.02. The third-order valence-corrected chi connectivity index (χ3v) is 3.54. The molecule has 0 aliphatic carbocycles. The molecule has 2 amide bonds. The van der Waals surface area contributed by atoms with Crippen LogP contribution in [0.25, 0.3) is 0 Å². The van der Waals surface area contributed by atoms with Crippen LogP contribution in [0.5, 0.6) is 0 Å². The van der Waals surface area contributed by atoms with Gasteiger partial charge >= 0.3 is 0 Å². The normalized spacial score (nSPS) is 11.5. The highest BCUT2D eigenvalue weighted by molar-refractivity contribution is 5.93. The average molecular weight is 341 g/mol. The van der Waals surface area contributed by atoms with E-state index in [0.717, 1.165) is 12.1 Å². The number of rotatable bonds is 6. The lowest BCUT2D eigenvalue weighted by Gasteiger charge is -2.12. The molecule has 2 aromatic rings. The van der Waals surface area contributed by atoms with Crippen LogP contribution < -0.4 is 16.0 Å². The molecule has 3 N–H and O–H groups in total. The van der Waals surface area contributed by atoms with E-state index in [1.165, 1.54) is 6.92 Å². The zero-order valence-corrected chi connectivity index (χ0v) is 14.9. The molecule has 0 spiro atoms. The highest BCUT2D eigenvalue weighted by Gasteiger charge is 2.12. The topological polar surface area (TPSA) is 96.0 Å². The molecule has 0 aliphatic rings. The fourth-order valence-corrected chi connectivity index (χ4v) is 2.11. The van der Waals surface area contributed by atoms with Crippen molar-refractivity contribution in [2.24, 2.45) is 0 Å². The molecule has 0 bridgehead atoms. The van der Waals surface area contributed by atoms with Gasteiger partial charge in [0.25, 0.3) is 5.91 Å². The van der Waals surface area contributed by atoms with Crippen molar-refractivity contribution in [1.82, 2.24) is 15.3 Å². The maximum Gasteiger partial charge on any atom is 0.270 e. The highest BCUT2D eigenvalue weighted by Crippen LogP contribution is 2.17. The van der Waals surface area contributed by atoms with Crippen LogP contribution in [0.2, 0.25) is 0 Å². The standard InChI is InChI=1S/C18H23N5O2/c1-5-11(2)19-17(25)16-10-12(3)20-18(23-16)22-15-8-6-14(7-9-15)21-13(4)24/h6-11H,5H2,1-4H3,(H,19,25)(H,21,24)(H,20,22,23). The molecule has 7 heteroatoms. The van der Waals surface area contributed by atoms with Crippen molar-refractivity contribution in [2.45, 2.75) is 40.2 Å². The van der Waals surface area contributed by atoms with E-state index in [2.05, 4.69) is 25.9 Å². The van der Waals surface area contributed by atoms with E-state index < -0.39 is 0 Å². The van der Waals surface area contributed by atoms with Crippen LogP contribution in [0.1, 0.15) is 43.4 Å². The molecule has 0 saturated heterocycles. The second-order valence-electron chi connectivity index (χ2n) is 5.88. The first-order chi connectivity index (χ1) is 11.9. The predicted molar refractivity (Wildman–Crippen MR) is 98.0 cm³/mol. The number of nitrogens with zero attached hydrogens (tertiary/aromatic N) is 2. The van der Waals surface area contributed by atoms with Crippen LogP contribution in [0.3, 0.4) is 0 Å². The van der Waals surface area contributed by atoms with Gasteiger partial charge in [-0.15, -0.1) is 0 Å². The number of carbonyl (C=O) groups excluding carboxylic acids is 2. The summed E-state index contributed by atoms with van der Waals surface area (Å²) in [5.74, 6) is 0.00479. The quantitative estimate of drug-likeness (QED) is 0.750. The maximum atomic E-state index is 12.2. The average Bonchev–Trinajstić information content (AvgIpc) is 2.55. The minimum absolute atomic E-state index is 0.0838. The summed E-state index contributed by atoms with van der Waals surface area (Å²) in [7, 11) is 0. The molecule has 1 unspecified atom stereocenters. The van der Waals surface area contributed by atoms with Gasteiger partial charge in [-0.2, -0.15) is 0 Å². The number of carbonyl (C=O) groups is 2. The lowest BCUT2D eigenvalue weighted by Crippen LogP contribution is -2.32. The van der Waals surface area contributed by atoms with Gasteiger partial charge < -0.3 is 16.0 Å². The second-order valence-corrected chi connectivity index (χ2v) is 5.88. The Hall–Kier alpha value is -2.96. The van der Waals surface area contributed by atoms with Crippen molar-refractivity contribution < 1.29 is 9.59 Å². The first-order valence-electron chi connectivity index (χ1n) is 8.18. The van der Waals surface area contributed by atoms with Crippen molar-refractivity contribution in [1.29, 1.82) is 0 Å². The molecule has 7 nitrogen and oxygen atoms in total. The molecular weight excluding hydrogens is 318 g/mol. The number of aromatic nitrogens is 2. The smallest absolute Gasteiger partial charge is 0.270 e. The third kappa shape index (κ3) is 5.56. The second kappa shape index (κ2) is 8.23. The molecule has 0 saturated carbocycles. The van der Waals surface area contributed by atoms with E-state index in [0.29, 0.717) is 23.0 Å². The first-order valence-corrected chi connectivity index (χ1v) is 8.18. The number of amides is 2. The van der Waals surface area contributed by atoms with Crippen molar-refractivity contribution in [3.05, 3.63) is 41.7 Å². The maximum absolute atomic E-state index is 12.2. The number of aryl methyl sites for hydroxylation is 1. The summed E-state index contributed by atoms with van der Waals surface area (Å²) in [6, 6.07) is 8.89. The minimum Gasteiger partial charge on any atom is -0.348 e. The van der Waals surface area contributed by atoms with Crippen LogP contribution in [0.15, 0.2) is 30.3 Å². The third-order valence-electron chi connectivity index (χ3n) is 3.54. The molecule has 132 valence electrons. The van der Waals surface area contributed by atoms with E-state index in [1.807, 2.05) is 20.8 Å². The summed E-state index contributed by atoms with van der Waals surface area (Å²) in [4.78, 5) is 31.9. The molecule has 1 aromatic carbocycles. The Morgan fingerprint density at radius 3 is 2.36 bits per heavy atom. The van der Waals surface area contributed by atoms with Gasteiger partial charge in [-0.3, -0.25) is 9.59 Å². The Balaban J connectivity index is 2.14. The summed E-state index contributed by atoms with van der Waals surface area (Å²) < 4.78 is 0. The summed E-state index contributed by atoms with van der Waals surface area (Å²) in [5.41, 5.74) is 2.48. The van der Waals surface area contributed by atoms with Crippen LogP contribution in [0.4, 0.5) is 17.3 Å². The number of benzene rings is 1. The monoisotopic (exact) mass is 341 g/mol. The first kappa shape index (κ1) is 18.4. The Morgan fingerprint density at radius 1 is 1.12 bits per heavy atom. The van der Waals surface area contributed by atoms with Gasteiger partial charge in [0, 0.05) is 30.0 Å². The van der Waals surface area contributed by atoms with Crippen molar-refractivity contribution in [2.75, 3.05) is 10.6 Å². The van der Waals surface area contributed by atoms with Crippen LogP contribution >= 0.6 is 0 Å². The molecular formula is C18H23N5O2. The lowest BCUT2D eigenvalue weighted by atomic mass is 10.2. The van der Waals surface area contributed by atoms with Crippen molar-refractivity contribution >= 4 is 29.1 Å². The Morgan fingerprint density at radius 2 is 1.76 bits per heavy atom. The van der Waals surface area contributed by atoms with E-state index in [1.54, 1.807) is 30.3 Å². The van der Waals surface area contributed by atoms with Gasteiger partial charge in [0.1, 0.15) is 5.69 Å². The van der Waals surface area contributed by atoms with Crippen LogP contribution in [0, 0.1) is 6.92 Å². The van der Waals surface area contributed by atoms with Gasteiger partial charge in [-0.1, -0.05) is 6.92 Å². The van der Waals surface area contributed by atoms with E-state index in [4.69, 9.17) is 0 Å². The zero-order chi connectivity index (χ0) is 18.4. The van der Waals surface area contributed by atoms with Crippen LogP contribution in [-0.4, -0.2) is 27.8 Å². The van der Waals surface area contributed by atoms with Crippen molar-refractivity contribution in [3.63, 3.8) is 0 Å². The summed E-state index contributed by atoms with van der Waals surface area (Å²) in [5, 5.41) is 8.67. The van der Waals surface area contributed by atoms with E-state index >= 15 is 0 Å². The van der Waals surface area contributed by atoms with Crippen LogP contribution in [-0.2, 0) is 4.79 Å². The van der Waals surface area contributed by atoms with E-state index in [9.17, 15) is 9.59 Å². The number of anilines is 3. The van der Waals surface area contributed by atoms with Gasteiger partial charge in [0.15, 0.2) is 0 Å². The molecule has 0 radical (unpaired) electrons. The number of hydrogen-bond acceptors (Lipinski definition) is 5. The van der Waals surface area contributed by atoms with Gasteiger partial charge in [-0.05, 0) is 50.6 Å². The fourth-order valence-electron chi connectivity index (χ4n) is 2.11. The fraction of sp³-hybridized carbons (Fsp3) is 0.333. The Kier molecular flexibility index (Phi) is 6.05. The molecule has 25 heavy (non-hydrogen) atoms. The molecule has 2 rings (SSSR count). The molecule has 1 aromatic heterocycles. The molecule has 1 heterocycles. The van der Waals surface area contributed by atoms with Gasteiger partial charge in [-0.25, -0.2) is 9.97 Å². The Labute approximate surface area is 147 Å². The van der Waals surface area contributed by atoms with Gasteiger partial charge in [0.05, 0.1) is 0 Å². The Bertz CT molecular complexity index is 759. The number of hydrogen-bond donors (Lipinski definition) is 3. The zero-order valence-electron chi connectivity index (χ0n) is 14.9. The summed E-state index contributed by atoms with van der Waals surface area (Å²) >= 11 is 0. The SMILES string of the molecule is CCC(C)NC(=O)c1cc(C)nc(Nc2ccc(NC(C)=O)cc2)n1. The highest BCUT2D eigenvalue weighted by atomic mass is 16.2.